The van der Waals surface area contributed by atoms with Crippen molar-refractivity contribution in [1.82, 2.24) is 14.8 Å². The third kappa shape index (κ3) is 3.42. The molecular formula is C19H27N3O. The minimum Gasteiger partial charge on any atom is -0.359 e. The van der Waals surface area contributed by atoms with Crippen molar-refractivity contribution < 1.29 is 4.79 Å². The monoisotopic (exact) mass is 313 g/mol. The summed E-state index contributed by atoms with van der Waals surface area (Å²) in [5, 5.41) is 4.12. The van der Waals surface area contributed by atoms with E-state index in [9.17, 15) is 4.79 Å². The van der Waals surface area contributed by atoms with Crippen LogP contribution in [0.15, 0.2) is 24.3 Å². The zero-order valence-corrected chi connectivity index (χ0v) is 14.3. The molecule has 0 atom stereocenters. The van der Waals surface area contributed by atoms with Crippen LogP contribution >= 0.6 is 0 Å². The number of benzene rings is 1. The summed E-state index contributed by atoms with van der Waals surface area (Å²) in [5.41, 5.74) is 4.41. The predicted octanol–water partition coefficient (Wildman–Crippen LogP) is 2.94. The van der Waals surface area contributed by atoms with Gasteiger partial charge in [0, 0.05) is 49.7 Å². The Kier molecular flexibility index (Phi) is 5.01. The zero-order chi connectivity index (χ0) is 16.2. The first-order chi connectivity index (χ1) is 11.2. The average molecular weight is 313 g/mol. The van der Waals surface area contributed by atoms with Gasteiger partial charge in [0.2, 0.25) is 5.91 Å². The molecule has 2 heterocycles. The summed E-state index contributed by atoms with van der Waals surface area (Å²) in [5.74, 6) is 0.149. The molecule has 0 fully saturated rings. The van der Waals surface area contributed by atoms with Crippen LogP contribution in [0.3, 0.4) is 0 Å². The number of carbonyl (C=O) groups excluding carboxylic acids is 1. The maximum Gasteiger partial charge on any atom is 0.219 e. The summed E-state index contributed by atoms with van der Waals surface area (Å²) in [6.45, 7) is 3.24. The molecule has 1 aromatic heterocycles. The zero-order valence-electron chi connectivity index (χ0n) is 14.3. The summed E-state index contributed by atoms with van der Waals surface area (Å²) in [6, 6.07) is 8.80. The Morgan fingerprint density at radius 1 is 1.22 bits per heavy atom. The number of nitrogens with one attached hydrogen (secondary N) is 1. The van der Waals surface area contributed by atoms with E-state index >= 15 is 0 Å². The number of aryl methyl sites for hydroxylation is 1. The number of unbranched alkanes of at least 4 members (excludes halogenated alkanes) is 2. The third-order valence-corrected chi connectivity index (χ3v) is 4.92. The second kappa shape index (κ2) is 7.18. The lowest BCUT2D eigenvalue weighted by Crippen LogP contribution is -2.27. The number of amides is 1. The molecule has 4 heteroatoms. The number of aromatic nitrogens is 1. The Labute approximate surface area is 138 Å². The molecule has 0 saturated carbocycles. The Hall–Kier alpha value is -1.81. The molecule has 1 aliphatic rings. The van der Waals surface area contributed by atoms with E-state index in [-0.39, 0.29) is 5.91 Å². The molecule has 0 saturated heterocycles. The molecule has 0 unspecified atom stereocenters. The number of hydrogen-bond donors (Lipinski definition) is 1. The van der Waals surface area contributed by atoms with E-state index < -0.39 is 0 Å². The molecular weight excluding hydrogens is 286 g/mol. The number of hydrogen-bond acceptors (Lipinski definition) is 2. The third-order valence-electron chi connectivity index (χ3n) is 4.92. The van der Waals surface area contributed by atoms with Gasteiger partial charge in [0.15, 0.2) is 0 Å². The van der Waals surface area contributed by atoms with Crippen LogP contribution in [0, 0.1) is 0 Å². The van der Waals surface area contributed by atoms with Crippen LogP contribution in [0.1, 0.15) is 36.9 Å². The van der Waals surface area contributed by atoms with Gasteiger partial charge in [-0.2, -0.15) is 0 Å². The molecule has 124 valence electrons. The number of likely N-dealkylation sites (N-methyl/N-ethyl adjacent to an activating group) is 1. The first-order valence-corrected chi connectivity index (χ1v) is 8.69. The fraction of sp³-hybridized carbons (Fsp3) is 0.526. The van der Waals surface area contributed by atoms with E-state index in [0.29, 0.717) is 6.42 Å². The van der Waals surface area contributed by atoms with E-state index in [1.54, 1.807) is 12.6 Å². The van der Waals surface area contributed by atoms with Crippen LogP contribution < -0.4 is 5.32 Å². The maximum absolute atomic E-state index is 11.3. The van der Waals surface area contributed by atoms with Crippen molar-refractivity contribution >= 4 is 16.8 Å². The van der Waals surface area contributed by atoms with Crippen molar-refractivity contribution in [2.75, 3.05) is 20.6 Å². The molecule has 4 nitrogen and oxygen atoms in total. The van der Waals surface area contributed by atoms with Gasteiger partial charge >= 0.3 is 0 Å². The summed E-state index contributed by atoms with van der Waals surface area (Å²) < 4.78 is 2.51. The van der Waals surface area contributed by atoms with E-state index in [4.69, 9.17) is 0 Å². The van der Waals surface area contributed by atoms with Gasteiger partial charge in [0.1, 0.15) is 0 Å². The van der Waals surface area contributed by atoms with Crippen LogP contribution in [0.5, 0.6) is 0 Å². The molecule has 1 aromatic carbocycles. The van der Waals surface area contributed by atoms with Crippen molar-refractivity contribution in [3.8, 4) is 0 Å². The van der Waals surface area contributed by atoms with Crippen molar-refractivity contribution in [3.63, 3.8) is 0 Å². The van der Waals surface area contributed by atoms with Crippen molar-refractivity contribution in [2.24, 2.45) is 0 Å². The normalized spacial score (nSPS) is 14.9. The first-order valence-electron chi connectivity index (χ1n) is 8.69. The Balaban J connectivity index is 1.72. The topological polar surface area (TPSA) is 37.3 Å². The number of carbonyl (C=O) groups is 1. The fourth-order valence-corrected chi connectivity index (χ4v) is 3.64. The molecule has 0 radical (unpaired) electrons. The highest BCUT2D eigenvalue weighted by atomic mass is 16.1. The van der Waals surface area contributed by atoms with Gasteiger partial charge in [-0.05, 0) is 37.9 Å². The van der Waals surface area contributed by atoms with Crippen molar-refractivity contribution in [1.29, 1.82) is 0 Å². The summed E-state index contributed by atoms with van der Waals surface area (Å²) in [6.07, 6.45) is 5.00. The van der Waals surface area contributed by atoms with E-state index in [0.717, 1.165) is 45.3 Å². The number of nitrogens with zero attached hydrogens (tertiary/aromatic N) is 2. The summed E-state index contributed by atoms with van der Waals surface area (Å²) >= 11 is 0. The van der Waals surface area contributed by atoms with Gasteiger partial charge in [0.25, 0.3) is 0 Å². The Bertz CT molecular complexity index is 689. The molecule has 0 bridgehead atoms. The van der Waals surface area contributed by atoms with Gasteiger partial charge in [-0.1, -0.05) is 24.6 Å². The first kappa shape index (κ1) is 16.1. The molecule has 0 spiro atoms. The highest BCUT2D eigenvalue weighted by molar-refractivity contribution is 5.85. The van der Waals surface area contributed by atoms with Crippen LogP contribution in [0.2, 0.25) is 0 Å². The molecule has 3 rings (SSSR count). The highest BCUT2D eigenvalue weighted by Gasteiger charge is 2.21. The molecule has 0 aliphatic carbocycles. The lowest BCUT2D eigenvalue weighted by Gasteiger charge is -2.24. The van der Waals surface area contributed by atoms with Crippen LogP contribution in [-0.2, 0) is 24.3 Å². The minimum atomic E-state index is 0.149. The lowest BCUT2D eigenvalue weighted by molar-refractivity contribution is -0.120. The largest absolute Gasteiger partial charge is 0.359 e. The van der Waals surface area contributed by atoms with Crippen molar-refractivity contribution in [2.45, 2.75) is 45.2 Å². The molecule has 1 aliphatic heterocycles. The molecule has 23 heavy (non-hydrogen) atoms. The van der Waals surface area contributed by atoms with E-state index in [1.807, 2.05) is 0 Å². The minimum absolute atomic E-state index is 0.149. The van der Waals surface area contributed by atoms with E-state index in [2.05, 4.69) is 46.1 Å². The SMILES string of the molecule is CNC(=O)CCCCCn1c2c(c3ccccc31)CCN(C)C2. The second-order valence-corrected chi connectivity index (χ2v) is 6.57. The summed E-state index contributed by atoms with van der Waals surface area (Å²) in [7, 11) is 3.91. The van der Waals surface area contributed by atoms with E-state index in [1.165, 1.54) is 16.6 Å². The predicted molar refractivity (Wildman–Crippen MR) is 94.5 cm³/mol. The quantitative estimate of drug-likeness (QED) is 0.833. The van der Waals surface area contributed by atoms with Gasteiger partial charge in [-0.15, -0.1) is 0 Å². The van der Waals surface area contributed by atoms with Crippen molar-refractivity contribution in [3.05, 3.63) is 35.5 Å². The molecule has 2 aromatic rings. The average Bonchev–Trinajstić information content (AvgIpc) is 2.87. The second-order valence-electron chi connectivity index (χ2n) is 6.57. The highest BCUT2D eigenvalue weighted by Crippen LogP contribution is 2.30. The summed E-state index contributed by atoms with van der Waals surface area (Å²) in [4.78, 5) is 13.7. The molecule has 1 amide bonds. The smallest absolute Gasteiger partial charge is 0.219 e. The lowest BCUT2D eigenvalue weighted by atomic mass is 10.0. The van der Waals surface area contributed by atoms with Gasteiger partial charge in [0.05, 0.1) is 0 Å². The molecule has 1 N–H and O–H groups in total. The van der Waals surface area contributed by atoms with Crippen LogP contribution in [-0.4, -0.2) is 36.0 Å². The van der Waals surface area contributed by atoms with Crippen LogP contribution in [0.4, 0.5) is 0 Å². The van der Waals surface area contributed by atoms with Gasteiger partial charge < -0.3 is 14.8 Å². The maximum atomic E-state index is 11.3. The standard InChI is InChI=1S/C19H27N3O/c1-20-19(23)10-4-3-7-12-22-17-9-6-5-8-15(17)16-11-13-21(2)14-18(16)22/h5-6,8-9H,3-4,7,10-14H2,1-2H3,(H,20,23). The number of para-hydroxylation sites is 1. The Morgan fingerprint density at radius 2 is 2.04 bits per heavy atom. The van der Waals surface area contributed by atoms with Gasteiger partial charge in [-0.25, -0.2) is 0 Å². The van der Waals surface area contributed by atoms with Gasteiger partial charge in [-0.3, -0.25) is 4.79 Å². The van der Waals surface area contributed by atoms with Crippen LogP contribution in [0.25, 0.3) is 10.9 Å². The fourth-order valence-electron chi connectivity index (χ4n) is 3.64. The number of rotatable bonds is 6. The Morgan fingerprint density at radius 3 is 2.87 bits per heavy atom. The number of fused-ring (bicyclic) bond motifs is 3.